The number of nitrogens with one attached hydrogen (secondary N) is 1. The van der Waals surface area contributed by atoms with Crippen molar-refractivity contribution in [2.75, 3.05) is 13.1 Å². The summed E-state index contributed by atoms with van der Waals surface area (Å²) in [6, 6.07) is 13.7. The summed E-state index contributed by atoms with van der Waals surface area (Å²) < 4.78 is 5.34. The van der Waals surface area contributed by atoms with Crippen molar-refractivity contribution in [3.8, 4) is 0 Å². The number of furan rings is 1. The summed E-state index contributed by atoms with van der Waals surface area (Å²) in [6.45, 7) is 3.47. The van der Waals surface area contributed by atoms with Gasteiger partial charge >= 0.3 is 0 Å². The van der Waals surface area contributed by atoms with Gasteiger partial charge in [-0.3, -0.25) is 9.59 Å². The van der Waals surface area contributed by atoms with E-state index >= 15 is 0 Å². The molecule has 0 spiro atoms. The van der Waals surface area contributed by atoms with E-state index in [-0.39, 0.29) is 11.8 Å². The molecule has 2 amide bonds. The molecular weight excluding hydrogens is 328 g/mol. The van der Waals surface area contributed by atoms with Gasteiger partial charge in [-0.2, -0.15) is 0 Å². The van der Waals surface area contributed by atoms with Gasteiger partial charge in [-0.15, -0.1) is 0 Å². The van der Waals surface area contributed by atoms with Gasteiger partial charge in [0.25, 0.3) is 0 Å². The van der Waals surface area contributed by atoms with Crippen LogP contribution in [-0.2, 0) is 22.6 Å². The Labute approximate surface area is 155 Å². The van der Waals surface area contributed by atoms with E-state index < -0.39 is 0 Å². The summed E-state index contributed by atoms with van der Waals surface area (Å²) in [5.74, 6) is 0.772. The van der Waals surface area contributed by atoms with Crippen LogP contribution in [0.4, 0.5) is 0 Å². The summed E-state index contributed by atoms with van der Waals surface area (Å²) in [6.07, 6.45) is 5.04. The van der Waals surface area contributed by atoms with Crippen molar-refractivity contribution in [1.29, 1.82) is 0 Å². The molecule has 0 aliphatic rings. The minimum absolute atomic E-state index is 0.0336. The second-order valence-electron chi connectivity index (χ2n) is 6.33. The molecule has 5 nitrogen and oxygen atoms in total. The molecular formula is C21H28N2O3. The first-order chi connectivity index (χ1) is 12.7. The highest BCUT2D eigenvalue weighted by Gasteiger charge is 2.16. The first-order valence-corrected chi connectivity index (χ1v) is 9.30. The van der Waals surface area contributed by atoms with Crippen LogP contribution in [0.15, 0.2) is 53.1 Å². The molecule has 1 aromatic carbocycles. The molecule has 0 bridgehead atoms. The number of carbonyl (C=O) groups excluding carboxylic acids is 2. The van der Waals surface area contributed by atoms with Gasteiger partial charge in [0.2, 0.25) is 11.8 Å². The number of benzene rings is 1. The predicted octanol–water partition coefficient (Wildman–Crippen LogP) is 3.55. The molecule has 5 heteroatoms. The minimum Gasteiger partial charge on any atom is -0.467 e. The van der Waals surface area contributed by atoms with Crippen molar-refractivity contribution >= 4 is 11.8 Å². The number of carbonyl (C=O) groups is 2. The Balaban J connectivity index is 1.77. The topological polar surface area (TPSA) is 62.6 Å². The Hall–Kier alpha value is -2.56. The van der Waals surface area contributed by atoms with Crippen molar-refractivity contribution in [3.05, 3.63) is 60.1 Å². The number of nitrogens with zero attached hydrogens (tertiary/aromatic N) is 1. The fraction of sp³-hybridized carbons (Fsp3) is 0.429. The fourth-order valence-electron chi connectivity index (χ4n) is 2.68. The lowest BCUT2D eigenvalue weighted by Gasteiger charge is -2.21. The van der Waals surface area contributed by atoms with E-state index in [1.165, 1.54) is 5.56 Å². The van der Waals surface area contributed by atoms with E-state index in [2.05, 4.69) is 12.2 Å². The quantitative estimate of drug-likeness (QED) is 0.670. The van der Waals surface area contributed by atoms with Crippen LogP contribution < -0.4 is 5.32 Å². The smallest absolute Gasteiger partial charge is 0.222 e. The van der Waals surface area contributed by atoms with Crippen LogP contribution in [0.1, 0.15) is 43.9 Å². The van der Waals surface area contributed by atoms with Crippen LogP contribution in [0.2, 0.25) is 0 Å². The zero-order valence-corrected chi connectivity index (χ0v) is 15.4. The zero-order chi connectivity index (χ0) is 18.6. The molecule has 140 valence electrons. The van der Waals surface area contributed by atoms with Crippen LogP contribution in [-0.4, -0.2) is 29.8 Å². The van der Waals surface area contributed by atoms with E-state index in [0.29, 0.717) is 32.5 Å². The van der Waals surface area contributed by atoms with Crippen molar-refractivity contribution in [2.24, 2.45) is 0 Å². The lowest BCUT2D eigenvalue weighted by molar-refractivity contribution is -0.132. The highest BCUT2D eigenvalue weighted by molar-refractivity contribution is 5.79. The van der Waals surface area contributed by atoms with Gasteiger partial charge in [0, 0.05) is 25.9 Å². The van der Waals surface area contributed by atoms with Crippen molar-refractivity contribution < 1.29 is 14.0 Å². The van der Waals surface area contributed by atoms with Crippen LogP contribution in [0.25, 0.3) is 0 Å². The summed E-state index contributed by atoms with van der Waals surface area (Å²) in [5.41, 5.74) is 1.20. The summed E-state index contributed by atoms with van der Waals surface area (Å²) >= 11 is 0. The molecule has 0 saturated heterocycles. The van der Waals surface area contributed by atoms with Crippen molar-refractivity contribution in [2.45, 2.75) is 45.6 Å². The van der Waals surface area contributed by atoms with E-state index in [9.17, 15) is 9.59 Å². The number of amides is 2. The maximum Gasteiger partial charge on any atom is 0.222 e. The van der Waals surface area contributed by atoms with Crippen LogP contribution >= 0.6 is 0 Å². The summed E-state index contributed by atoms with van der Waals surface area (Å²) in [4.78, 5) is 26.2. The molecule has 0 atom stereocenters. The third-order valence-electron chi connectivity index (χ3n) is 4.21. The molecule has 0 saturated carbocycles. The van der Waals surface area contributed by atoms with E-state index in [0.717, 1.165) is 25.0 Å². The first kappa shape index (κ1) is 19.8. The molecule has 0 aliphatic heterocycles. The van der Waals surface area contributed by atoms with Crippen molar-refractivity contribution in [1.82, 2.24) is 10.2 Å². The van der Waals surface area contributed by atoms with Gasteiger partial charge in [-0.1, -0.05) is 43.7 Å². The van der Waals surface area contributed by atoms with E-state index in [1.807, 2.05) is 36.4 Å². The Morgan fingerprint density at radius 3 is 2.58 bits per heavy atom. The van der Waals surface area contributed by atoms with E-state index in [1.54, 1.807) is 17.2 Å². The monoisotopic (exact) mass is 356 g/mol. The Morgan fingerprint density at radius 2 is 1.88 bits per heavy atom. The summed E-state index contributed by atoms with van der Waals surface area (Å²) in [5, 5.41) is 2.93. The molecule has 0 aliphatic carbocycles. The average Bonchev–Trinajstić information content (AvgIpc) is 3.17. The van der Waals surface area contributed by atoms with Gasteiger partial charge in [-0.05, 0) is 30.5 Å². The highest BCUT2D eigenvalue weighted by Crippen LogP contribution is 2.09. The second-order valence-corrected chi connectivity index (χ2v) is 6.33. The second kappa shape index (κ2) is 11.1. The first-order valence-electron chi connectivity index (χ1n) is 9.30. The fourth-order valence-corrected chi connectivity index (χ4v) is 2.68. The van der Waals surface area contributed by atoms with Gasteiger partial charge < -0.3 is 14.6 Å². The normalized spacial score (nSPS) is 10.5. The molecule has 2 rings (SSSR count). The number of rotatable bonds is 11. The molecule has 1 heterocycles. The molecule has 0 unspecified atom stereocenters. The SMILES string of the molecule is CCCCC(=O)N(CCC(=O)NCCc1ccccc1)Cc1ccco1. The molecule has 1 N–H and O–H groups in total. The third kappa shape index (κ3) is 7.13. The number of hydrogen-bond donors (Lipinski definition) is 1. The molecule has 0 fully saturated rings. The highest BCUT2D eigenvalue weighted by atomic mass is 16.3. The maximum atomic E-state index is 12.4. The van der Waals surface area contributed by atoms with Gasteiger partial charge in [-0.25, -0.2) is 0 Å². The number of hydrogen-bond acceptors (Lipinski definition) is 3. The van der Waals surface area contributed by atoms with Gasteiger partial charge in [0.05, 0.1) is 12.8 Å². The zero-order valence-electron chi connectivity index (χ0n) is 15.4. The number of unbranched alkanes of at least 4 members (excludes halogenated alkanes) is 1. The largest absolute Gasteiger partial charge is 0.467 e. The predicted molar refractivity (Wildman–Crippen MR) is 101 cm³/mol. The maximum absolute atomic E-state index is 12.4. The van der Waals surface area contributed by atoms with Crippen molar-refractivity contribution in [3.63, 3.8) is 0 Å². The third-order valence-corrected chi connectivity index (χ3v) is 4.21. The van der Waals surface area contributed by atoms with Crippen LogP contribution in [0.5, 0.6) is 0 Å². The lowest BCUT2D eigenvalue weighted by atomic mass is 10.1. The Bertz CT molecular complexity index is 653. The van der Waals surface area contributed by atoms with Crippen LogP contribution in [0, 0.1) is 0 Å². The van der Waals surface area contributed by atoms with Crippen LogP contribution in [0.3, 0.4) is 0 Å². The molecule has 2 aromatic rings. The summed E-state index contributed by atoms with van der Waals surface area (Å²) in [7, 11) is 0. The lowest BCUT2D eigenvalue weighted by Crippen LogP contribution is -2.35. The molecule has 0 radical (unpaired) electrons. The molecule has 1 aromatic heterocycles. The van der Waals surface area contributed by atoms with E-state index in [4.69, 9.17) is 4.42 Å². The Morgan fingerprint density at radius 1 is 1.08 bits per heavy atom. The molecule has 26 heavy (non-hydrogen) atoms. The Kier molecular flexibility index (Phi) is 8.46. The van der Waals surface area contributed by atoms with Gasteiger partial charge in [0.15, 0.2) is 0 Å². The standard InChI is InChI=1S/C21H28N2O3/c1-2-3-11-21(25)23(17-19-10-7-16-26-19)15-13-20(24)22-14-12-18-8-5-4-6-9-18/h4-10,16H,2-3,11-15,17H2,1H3,(H,22,24). The average molecular weight is 356 g/mol. The minimum atomic E-state index is -0.0336. The van der Waals surface area contributed by atoms with Gasteiger partial charge in [0.1, 0.15) is 5.76 Å².